The van der Waals surface area contributed by atoms with Crippen molar-refractivity contribution in [3.05, 3.63) is 71.3 Å². The van der Waals surface area contributed by atoms with Crippen LogP contribution < -0.4 is 5.32 Å². The SMILES string of the molecule is CN(C)C(=O)c1ccc(CNC(=O)C2CC3CCCCC3N2C(=O)c2ccccc2)cc1. The van der Waals surface area contributed by atoms with Gasteiger partial charge in [-0.05, 0) is 55.0 Å². The number of likely N-dealkylation sites (tertiary alicyclic amines) is 1. The van der Waals surface area contributed by atoms with E-state index in [1.54, 1.807) is 26.2 Å². The minimum Gasteiger partial charge on any atom is -0.350 e. The maximum Gasteiger partial charge on any atom is 0.254 e. The molecule has 1 N–H and O–H groups in total. The molecule has 1 aliphatic carbocycles. The summed E-state index contributed by atoms with van der Waals surface area (Å²) in [7, 11) is 3.44. The highest BCUT2D eigenvalue weighted by molar-refractivity contribution is 5.98. The van der Waals surface area contributed by atoms with Gasteiger partial charge in [-0.15, -0.1) is 0 Å². The minimum atomic E-state index is -0.439. The molecule has 0 aromatic heterocycles. The topological polar surface area (TPSA) is 69.7 Å². The minimum absolute atomic E-state index is 0.0494. The van der Waals surface area contributed by atoms with Gasteiger partial charge in [-0.3, -0.25) is 14.4 Å². The molecule has 0 spiro atoms. The van der Waals surface area contributed by atoms with Crippen molar-refractivity contribution in [3.8, 4) is 0 Å². The fourth-order valence-electron chi connectivity index (χ4n) is 5.05. The molecule has 3 amide bonds. The van der Waals surface area contributed by atoms with Crippen LogP contribution in [0.3, 0.4) is 0 Å². The predicted molar refractivity (Wildman–Crippen MR) is 123 cm³/mol. The van der Waals surface area contributed by atoms with Crippen LogP contribution in [0.1, 0.15) is 58.4 Å². The maximum atomic E-state index is 13.4. The Bertz CT molecular complexity index is 972. The first-order valence-electron chi connectivity index (χ1n) is 11.4. The van der Waals surface area contributed by atoms with Crippen LogP contribution in [0, 0.1) is 5.92 Å². The lowest BCUT2D eigenvalue weighted by Crippen LogP contribution is -2.49. The molecule has 0 radical (unpaired) electrons. The molecule has 3 atom stereocenters. The summed E-state index contributed by atoms with van der Waals surface area (Å²) in [4.78, 5) is 42.0. The molecule has 6 heteroatoms. The van der Waals surface area contributed by atoms with E-state index >= 15 is 0 Å². The summed E-state index contributed by atoms with van der Waals surface area (Å²) in [6.07, 6.45) is 5.04. The number of amides is 3. The molecule has 1 aliphatic heterocycles. The van der Waals surface area contributed by atoms with E-state index in [0.29, 0.717) is 23.6 Å². The third kappa shape index (κ3) is 4.54. The van der Waals surface area contributed by atoms with Crippen LogP contribution in [0.4, 0.5) is 0 Å². The van der Waals surface area contributed by atoms with Crippen LogP contribution in [-0.4, -0.2) is 53.7 Å². The van der Waals surface area contributed by atoms with Crippen LogP contribution in [0.25, 0.3) is 0 Å². The second-order valence-electron chi connectivity index (χ2n) is 9.06. The third-order valence-electron chi connectivity index (χ3n) is 6.72. The van der Waals surface area contributed by atoms with Crippen LogP contribution >= 0.6 is 0 Å². The monoisotopic (exact) mass is 433 g/mol. The lowest BCUT2D eigenvalue weighted by molar-refractivity contribution is -0.125. The third-order valence-corrected chi connectivity index (χ3v) is 6.72. The summed E-state index contributed by atoms with van der Waals surface area (Å²) < 4.78 is 0. The number of nitrogens with one attached hydrogen (secondary N) is 1. The number of rotatable bonds is 5. The molecule has 2 aromatic rings. The summed E-state index contributed by atoms with van der Waals surface area (Å²) in [6.45, 7) is 0.370. The predicted octanol–water partition coefficient (Wildman–Crippen LogP) is 3.48. The lowest BCUT2D eigenvalue weighted by Gasteiger charge is -2.33. The molecular formula is C26H31N3O3. The van der Waals surface area contributed by atoms with E-state index in [9.17, 15) is 14.4 Å². The molecule has 3 unspecified atom stereocenters. The molecule has 4 rings (SSSR count). The summed E-state index contributed by atoms with van der Waals surface area (Å²) in [6, 6.07) is 16.2. The summed E-state index contributed by atoms with van der Waals surface area (Å²) in [5.74, 6) is 0.191. The van der Waals surface area contributed by atoms with Crippen molar-refractivity contribution >= 4 is 17.7 Å². The molecular weight excluding hydrogens is 402 g/mol. The number of carbonyl (C=O) groups is 3. The smallest absolute Gasteiger partial charge is 0.254 e. The highest BCUT2D eigenvalue weighted by Gasteiger charge is 2.47. The van der Waals surface area contributed by atoms with Crippen LogP contribution in [-0.2, 0) is 11.3 Å². The number of hydrogen-bond donors (Lipinski definition) is 1. The van der Waals surface area contributed by atoms with Gasteiger partial charge in [-0.25, -0.2) is 0 Å². The quantitative estimate of drug-likeness (QED) is 0.785. The molecule has 2 fully saturated rings. The van der Waals surface area contributed by atoms with Gasteiger partial charge in [0, 0.05) is 37.8 Å². The molecule has 32 heavy (non-hydrogen) atoms. The van der Waals surface area contributed by atoms with E-state index in [2.05, 4.69) is 5.32 Å². The van der Waals surface area contributed by atoms with E-state index in [0.717, 1.165) is 31.2 Å². The van der Waals surface area contributed by atoms with Gasteiger partial charge in [-0.1, -0.05) is 43.2 Å². The highest BCUT2D eigenvalue weighted by Crippen LogP contribution is 2.40. The molecule has 1 heterocycles. The molecule has 6 nitrogen and oxygen atoms in total. The fourth-order valence-corrected chi connectivity index (χ4v) is 5.05. The highest BCUT2D eigenvalue weighted by atomic mass is 16.2. The average Bonchev–Trinajstić information content (AvgIpc) is 3.22. The van der Waals surface area contributed by atoms with E-state index in [1.165, 1.54) is 11.3 Å². The first-order chi connectivity index (χ1) is 15.5. The maximum absolute atomic E-state index is 13.4. The largest absolute Gasteiger partial charge is 0.350 e. The molecule has 1 saturated heterocycles. The van der Waals surface area contributed by atoms with Crippen LogP contribution in [0.5, 0.6) is 0 Å². The van der Waals surface area contributed by atoms with Gasteiger partial charge in [0.15, 0.2) is 0 Å². The zero-order valence-electron chi connectivity index (χ0n) is 18.8. The van der Waals surface area contributed by atoms with Gasteiger partial charge in [0.05, 0.1) is 0 Å². The zero-order chi connectivity index (χ0) is 22.7. The average molecular weight is 434 g/mol. The number of carbonyl (C=O) groups excluding carboxylic acids is 3. The van der Waals surface area contributed by atoms with E-state index < -0.39 is 6.04 Å². The van der Waals surface area contributed by atoms with Crippen molar-refractivity contribution in [3.63, 3.8) is 0 Å². The van der Waals surface area contributed by atoms with Crippen LogP contribution in [0.15, 0.2) is 54.6 Å². The molecule has 2 aliphatic rings. The van der Waals surface area contributed by atoms with Crippen molar-refractivity contribution in [2.45, 2.75) is 50.7 Å². The fraction of sp³-hybridized carbons (Fsp3) is 0.423. The molecule has 1 saturated carbocycles. The van der Waals surface area contributed by atoms with E-state index in [-0.39, 0.29) is 23.8 Å². The van der Waals surface area contributed by atoms with E-state index in [4.69, 9.17) is 0 Å². The summed E-state index contributed by atoms with van der Waals surface area (Å²) in [5.41, 5.74) is 2.17. The Labute approximate surface area is 189 Å². The van der Waals surface area contributed by atoms with Gasteiger partial charge >= 0.3 is 0 Å². The van der Waals surface area contributed by atoms with Gasteiger partial charge in [0.25, 0.3) is 11.8 Å². The summed E-state index contributed by atoms with van der Waals surface area (Å²) >= 11 is 0. The molecule has 168 valence electrons. The number of hydrogen-bond acceptors (Lipinski definition) is 3. The van der Waals surface area contributed by atoms with Gasteiger partial charge in [0.2, 0.25) is 5.91 Å². The number of fused-ring (bicyclic) bond motifs is 1. The van der Waals surface area contributed by atoms with Crippen molar-refractivity contribution in [2.24, 2.45) is 5.92 Å². The number of nitrogens with zero attached hydrogens (tertiary/aromatic N) is 2. The van der Waals surface area contributed by atoms with Gasteiger partial charge in [-0.2, -0.15) is 0 Å². The van der Waals surface area contributed by atoms with Crippen molar-refractivity contribution in [1.29, 1.82) is 0 Å². The molecule has 0 bridgehead atoms. The zero-order valence-corrected chi connectivity index (χ0v) is 18.8. The Balaban J connectivity index is 1.46. The van der Waals surface area contributed by atoms with Crippen LogP contribution in [0.2, 0.25) is 0 Å². The van der Waals surface area contributed by atoms with Crippen molar-refractivity contribution in [2.75, 3.05) is 14.1 Å². The second-order valence-corrected chi connectivity index (χ2v) is 9.06. The lowest BCUT2D eigenvalue weighted by atomic mass is 9.84. The first kappa shape index (κ1) is 22.1. The Morgan fingerprint density at radius 3 is 2.31 bits per heavy atom. The Kier molecular flexibility index (Phi) is 6.58. The number of benzene rings is 2. The van der Waals surface area contributed by atoms with Crippen molar-refractivity contribution in [1.82, 2.24) is 15.1 Å². The normalized spacial score (nSPS) is 22.2. The second kappa shape index (κ2) is 9.55. The van der Waals surface area contributed by atoms with Gasteiger partial charge in [0.1, 0.15) is 6.04 Å². The van der Waals surface area contributed by atoms with Crippen molar-refractivity contribution < 1.29 is 14.4 Å². The standard InChI is InChI=1S/C26H31N3O3/c1-28(2)25(31)20-14-12-18(13-15-20)17-27-24(30)23-16-21-10-6-7-11-22(21)29(23)26(32)19-8-4-3-5-9-19/h3-5,8-9,12-15,21-23H,6-7,10-11,16-17H2,1-2H3,(H,27,30). The summed E-state index contributed by atoms with van der Waals surface area (Å²) in [5, 5.41) is 3.03. The van der Waals surface area contributed by atoms with Gasteiger partial charge < -0.3 is 15.1 Å². The first-order valence-corrected chi connectivity index (χ1v) is 11.4. The Hall–Kier alpha value is -3.15. The Morgan fingerprint density at radius 2 is 1.62 bits per heavy atom. The molecule has 2 aromatic carbocycles. The Morgan fingerprint density at radius 1 is 0.938 bits per heavy atom. The van der Waals surface area contributed by atoms with E-state index in [1.807, 2.05) is 47.4 Å².